The summed E-state index contributed by atoms with van der Waals surface area (Å²) < 4.78 is 10.7. The minimum Gasteiger partial charge on any atom is -0.490 e. The van der Waals surface area contributed by atoms with Crippen molar-refractivity contribution in [3.63, 3.8) is 0 Å². The van der Waals surface area contributed by atoms with E-state index in [1.165, 1.54) is 12.8 Å². The van der Waals surface area contributed by atoms with E-state index in [9.17, 15) is 0 Å². The third-order valence-corrected chi connectivity index (χ3v) is 2.41. The van der Waals surface area contributed by atoms with Gasteiger partial charge in [-0.1, -0.05) is 31.9 Å². The summed E-state index contributed by atoms with van der Waals surface area (Å²) in [5.74, 6) is 1.63. The number of benzene rings is 1. The van der Waals surface area contributed by atoms with Crippen LogP contribution in [0.15, 0.2) is 24.3 Å². The average molecular weight is 306 g/mol. The molecule has 0 unspecified atom stereocenters. The molecule has 2 nitrogen and oxygen atoms in total. The lowest BCUT2D eigenvalue weighted by atomic mass is 10.3. The van der Waals surface area contributed by atoms with Gasteiger partial charge in [0, 0.05) is 0 Å². The zero-order chi connectivity index (χ0) is 10.2. The molecule has 0 heterocycles. The molecule has 0 amide bonds. The second-order valence-electron chi connectivity index (χ2n) is 3.08. The molecule has 0 aliphatic rings. The first-order chi connectivity index (χ1) is 6.88. The number of rotatable bonds is 6. The largest absolute Gasteiger partial charge is 0.490 e. The summed E-state index contributed by atoms with van der Waals surface area (Å²) in [7, 11) is 0. The van der Waals surface area contributed by atoms with E-state index in [-0.39, 0.29) is 0 Å². The van der Waals surface area contributed by atoms with Crippen molar-refractivity contribution in [1.29, 1.82) is 0 Å². The lowest BCUT2D eigenvalue weighted by molar-refractivity contribution is 0.300. The van der Waals surface area contributed by atoms with Gasteiger partial charge in [0.15, 0.2) is 34.5 Å². The van der Waals surface area contributed by atoms with Crippen molar-refractivity contribution < 1.29 is 7.80 Å². The summed E-state index contributed by atoms with van der Waals surface area (Å²) in [4.78, 5) is 0. The van der Waals surface area contributed by atoms with Crippen LogP contribution in [-0.4, -0.2) is 6.61 Å². The third-order valence-electron chi connectivity index (χ3n) is 1.94. The summed E-state index contributed by atoms with van der Waals surface area (Å²) in [6.45, 7) is 2.95. The van der Waals surface area contributed by atoms with Gasteiger partial charge in [-0.25, -0.2) is 0 Å². The van der Waals surface area contributed by atoms with Gasteiger partial charge in [-0.3, -0.25) is 0 Å². The number of hydrogen-bond donors (Lipinski definition) is 0. The molecule has 0 N–H and O–H groups in total. The normalized spacial score (nSPS) is 9.86. The van der Waals surface area contributed by atoms with Gasteiger partial charge in [0.1, 0.15) is 0 Å². The molecule has 1 rings (SSSR count). The van der Waals surface area contributed by atoms with Gasteiger partial charge in [-0.05, 0) is 18.6 Å². The second kappa shape index (κ2) is 6.92. The van der Waals surface area contributed by atoms with Gasteiger partial charge in [0.2, 0.25) is 0 Å². The van der Waals surface area contributed by atoms with E-state index < -0.39 is 0 Å². The molecule has 1 aromatic carbocycles. The van der Waals surface area contributed by atoms with Gasteiger partial charge >= 0.3 is 0 Å². The Balaban J connectivity index is 2.41. The van der Waals surface area contributed by atoms with Crippen LogP contribution in [0.2, 0.25) is 0 Å². The first-order valence-electron chi connectivity index (χ1n) is 4.89. The summed E-state index contributed by atoms with van der Waals surface area (Å²) in [6, 6.07) is 7.72. The SMILES string of the molecule is CCCCCOc1ccccc1OI. The second-order valence-corrected chi connectivity index (χ2v) is 3.52. The van der Waals surface area contributed by atoms with Gasteiger partial charge in [0.05, 0.1) is 6.61 Å². The van der Waals surface area contributed by atoms with Crippen LogP contribution in [0.5, 0.6) is 11.5 Å². The van der Waals surface area contributed by atoms with Gasteiger partial charge < -0.3 is 7.80 Å². The Morgan fingerprint density at radius 3 is 2.50 bits per heavy atom. The summed E-state index contributed by atoms with van der Waals surface area (Å²) in [6.07, 6.45) is 3.53. The molecular weight excluding hydrogens is 291 g/mol. The zero-order valence-electron chi connectivity index (χ0n) is 8.33. The first kappa shape index (κ1) is 11.6. The predicted octanol–water partition coefficient (Wildman–Crippen LogP) is 3.98. The maximum atomic E-state index is 5.60. The molecule has 0 aromatic heterocycles. The van der Waals surface area contributed by atoms with Crippen LogP contribution < -0.4 is 7.80 Å². The quantitative estimate of drug-likeness (QED) is 0.584. The maximum absolute atomic E-state index is 5.60. The van der Waals surface area contributed by atoms with Crippen LogP contribution in [-0.2, 0) is 0 Å². The fourth-order valence-corrected chi connectivity index (χ4v) is 1.53. The lowest BCUT2D eigenvalue weighted by Crippen LogP contribution is -1.97. The van der Waals surface area contributed by atoms with Crippen molar-refractivity contribution in [3.8, 4) is 11.5 Å². The highest BCUT2D eigenvalue weighted by Crippen LogP contribution is 2.27. The monoisotopic (exact) mass is 306 g/mol. The molecule has 0 bridgehead atoms. The number of para-hydroxylation sites is 2. The van der Waals surface area contributed by atoms with E-state index in [1.807, 2.05) is 47.3 Å². The topological polar surface area (TPSA) is 18.5 Å². The van der Waals surface area contributed by atoms with Gasteiger partial charge in [-0.15, -0.1) is 0 Å². The summed E-state index contributed by atoms with van der Waals surface area (Å²) >= 11 is 1.87. The molecule has 0 saturated heterocycles. The van der Waals surface area contributed by atoms with Crippen LogP contribution in [0, 0.1) is 0 Å². The van der Waals surface area contributed by atoms with Crippen molar-refractivity contribution in [2.75, 3.05) is 6.61 Å². The molecular formula is C11H15IO2. The van der Waals surface area contributed by atoms with Crippen molar-refractivity contribution >= 4 is 23.0 Å². The van der Waals surface area contributed by atoms with Crippen molar-refractivity contribution in [2.45, 2.75) is 26.2 Å². The minimum atomic E-state index is 0.769. The standard InChI is InChI=1S/C11H15IO2/c1-2-3-6-9-13-10-7-4-5-8-11(10)14-12/h4-5,7-8H,2-3,6,9H2,1H3. The summed E-state index contributed by atoms with van der Waals surface area (Å²) in [5.41, 5.74) is 0. The molecule has 0 atom stereocenters. The van der Waals surface area contributed by atoms with Gasteiger partial charge in [0.25, 0.3) is 0 Å². The molecule has 3 heteroatoms. The maximum Gasteiger partial charge on any atom is 0.192 e. The molecule has 14 heavy (non-hydrogen) atoms. The highest BCUT2D eigenvalue weighted by atomic mass is 127. The minimum absolute atomic E-state index is 0.769. The van der Waals surface area contributed by atoms with E-state index in [0.717, 1.165) is 24.5 Å². The van der Waals surface area contributed by atoms with Crippen LogP contribution in [0.1, 0.15) is 26.2 Å². The molecule has 0 saturated carbocycles. The molecule has 0 spiro atoms. The van der Waals surface area contributed by atoms with Crippen LogP contribution >= 0.6 is 23.0 Å². The van der Waals surface area contributed by atoms with E-state index in [2.05, 4.69) is 6.92 Å². The van der Waals surface area contributed by atoms with E-state index >= 15 is 0 Å². The highest BCUT2D eigenvalue weighted by molar-refractivity contribution is 14.1. The molecule has 0 fully saturated rings. The fourth-order valence-electron chi connectivity index (χ4n) is 1.17. The van der Waals surface area contributed by atoms with E-state index in [4.69, 9.17) is 7.80 Å². The van der Waals surface area contributed by atoms with Crippen molar-refractivity contribution in [2.24, 2.45) is 0 Å². The summed E-state index contributed by atoms with van der Waals surface area (Å²) in [5, 5.41) is 0. The van der Waals surface area contributed by atoms with Crippen LogP contribution in [0.3, 0.4) is 0 Å². The Kier molecular flexibility index (Phi) is 5.75. The van der Waals surface area contributed by atoms with Crippen molar-refractivity contribution in [1.82, 2.24) is 0 Å². The Hall–Kier alpha value is -0.450. The number of ether oxygens (including phenoxy) is 1. The Morgan fingerprint density at radius 1 is 1.14 bits per heavy atom. The Labute approximate surface area is 99.3 Å². The van der Waals surface area contributed by atoms with Crippen molar-refractivity contribution in [3.05, 3.63) is 24.3 Å². The number of hydrogen-bond acceptors (Lipinski definition) is 2. The molecule has 0 radical (unpaired) electrons. The number of unbranched alkanes of at least 4 members (excludes halogenated alkanes) is 2. The average Bonchev–Trinajstić information content (AvgIpc) is 2.25. The molecule has 0 aliphatic heterocycles. The molecule has 78 valence electrons. The van der Waals surface area contributed by atoms with E-state index in [1.54, 1.807) is 0 Å². The zero-order valence-corrected chi connectivity index (χ0v) is 10.5. The van der Waals surface area contributed by atoms with Crippen LogP contribution in [0.4, 0.5) is 0 Å². The predicted molar refractivity (Wildman–Crippen MR) is 66.1 cm³/mol. The smallest absolute Gasteiger partial charge is 0.192 e. The van der Waals surface area contributed by atoms with Gasteiger partial charge in [-0.2, -0.15) is 0 Å². The molecule has 1 aromatic rings. The molecule has 0 aliphatic carbocycles. The fraction of sp³-hybridized carbons (Fsp3) is 0.455. The Bertz CT molecular complexity index is 263. The van der Waals surface area contributed by atoms with E-state index in [0.29, 0.717) is 0 Å². The van der Waals surface area contributed by atoms with Crippen LogP contribution in [0.25, 0.3) is 0 Å². The number of halogens is 1. The Morgan fingerprint density at radius 2 is 1.86 bits per heavy atom. The first-order valence-corrected chi connectivity index (χ1v) is 5.77. The lowest BCUT2D eigenvalue weighted by Gasteiger charge is -2.08. The highest BCUT2D eigenvalue weighted by Gasteiger charge is 2.01. The third kappa shape index (κ3) is 3.74.